The van der Waals surface area contributed by atoms with E-state index in [0.29, 0.717) is 0 Å². The van der Waals surface area contributed by atoms with Crippen molar-refractivity contribution in [3.05, 3.63) is 20.3 Å². The summed E-state index contributed by atoms with van der Waals surface area (Å²) in [6.07, 6.45) is 3.42. The van der Waals surface area contributed by atoms with Gasteiger partial charge in [0.05, 0.1) is 8.66 Å². The summed E-state index contributed by atoms with van der Waals surface area (Å²) in [6, 6.07) is 1.92. The zero-order valence-electron chi connectivity index (χ0n) is 9.10. The maximum Gasteiger partial charge on any atom is 0.261 e. The highest BCUT2D eigenvalue weighted by Gasteiger charge is 2.09. The fourth-order valence-corrected chi connectivity index (χ4v) is 2.69. The molecule has 0 aliphatic carbocycles. The monoisotopic (exact) mass is 289 g/mol. The van der Waals surface area contributed by atoms with Crippen molar-refractivity contribution in [1.29, 1.82) is 0 Å². The third-order valence-corrected chi connectivity index (χ3v) is 4.28. The van der Waals surface area contributed by atoms with Gasteiger partial charge in [0.15, 0.2) is 0 Å². The van der Waals surface area contributed by atoms with Crippen molar-refractivity contribution in [2.45, 2.75) is 33.1 Å². The summed E-state index contributed by atoms with van der Waals surface area (Å²) in [5, 5.41) is 2.92. The van der Waals surface area contributed by atoms with Crippen LogP contribution in [0.2, 0.25) is 0 Å². The predicted molar refractivity (Wildman–Crippen MR) is 68.6 cm³/mol. The Morgan fingerprint density at radius 1 is 1.53 bits per heavy atom. The summed E-state index contributed by atoms with van der Waals surface area (Å²) in [5.74, 6) is 0.0462. The Bertz CT molecular complexity index is 316. The first kappa shape index (κ1) is 12.7. The van der Waals surface area contributed by atoms with Gasteiger partial charge in [0.1, 0.15) is 0 Å². The lowest BCUT2D eigenvalue weighted by atomic mass is 10.2. The highest BCUT2D eigenvalue weighted by atomic mass is 79.9. The highest BCUT2D eigenvalue weighted by molar-refractivity contribution is 9.11. The van der Waals surface area contributed by atoms with Gasteiger partial charge in [-0.15, -0.1) is 11.3 Å². The number of thiophene rings is 1. The van der Waals surface area contributed by atoms with Crippen molar-refractivity contribution >= 4 is 33.2 Å². The quantitative estimate of drug-likeness (QED) is 0.822. The second kappa shape index (κ2) is 6.28. The third-order valence-electron chi connectivity index (χ3n) is 2.15. The molecule has 2 nitrogen and oxygen atoms in total. The molecule has 0 radical (unpaired) electrons. The number of amides is 1. The van der Waals surface area contributed by atoms with Crippen LogP contribution in [0.1, 0.15) is 41.4 Å². The number of aryl methyl sites for hydroxylation is 1. The van der Waals surface area contributed by atoms with E-state index in [9.17, 15) is 4.79 Å². The molecular formula is C11H16BrNOS. The van der Waals surface area contributed by atoms with Crippen LogP contribution in [0.25, 0.3) is 0 Å². The van der Waals surface area contributed by atoms with Crippen LogP contribution in [0.15, 0.2) is 9.85 Å². The van der Waals surface area contributed by atoms with Gasteiger partial charge in [-0.3, -0.25) is 4.79 Å². The van der Waals surface area contributed by atoms with Gasteiger partial charge in [-0.2, -0.15) is 0 Å². The van der Waals surface area contributed by atoms with Crippen LogP contribution in [-0.4, -0.2) is 12.5 Å². The Kier molecular flexibility index (Phi) is 5.32. The lowest BCUT2D eigenvalue weighted by Crippen LogP contribution is -2.23. The van der Waals surface area contributed by atoms with Crippen molar-refractivity contribution in [1.82, 2.24) is 5.32 Å². The molecule has 1 N–H and O–H groups in total. The maximum atomic E-state index is 11.7. The van der Waals surface area contributed by atoms with Crippen molar-refractivity contribution in [2.75, 3.05) is 6.54 Å². The van der Waals surface area contributed by atoms with Crippen molar-refractivity contribution in [2.24, 2.45) is 0 Å². The second-order valence-corrected chi connectivity index (χ2v) is 5.90. The topological polar surface area (TPSA) is 29.1 Å². The van der Waals surface area contributed by atoms with Crippen LogP contribution in [0.4, 0.5) is 0 Å². The van der Waals surface area contributed by atoms with Crippen LogP contribution in [0.3, 0.4) is 0 Å². The van der Waals surface area contributed by atoms with Crippen LogP contribution < -0.4 is 5.32 Å². The molecular weight excluding hydrogens is 274 g/mol. The molecule has 0 atom stereocenters. The van der Waals surface area contributed by atoms with Crippen LogP contribution in [0, 0.1) is 6.92 Å². The first-order valence-electron chi connectivity index (χ1n) is 5.19. The van der Waals surface area contributed by atoms with Gasteiger partial charge in [-0.1, -0.05) is 19.8 Å². The number of nitrogens with one attached hydrogen (secondary N) is 1. The number of unbranched alkanes of at least 4 members (excludes halogenated alkanes) is 2. The molecule has 0 fully saturated rings. The van der Waals surface area contributed by atoms with E-state index in [1.807, 2.05) is 13.0 Å². The molecule has 1 heterocycles. The van der Waals surface area contributed by atoms with Gasteiger partial charge < -0.3 is 5.32 Å². The highest BCUT2D eigenvalue weighted by Crippen LogP contribution is 2.27. The van der Waals surface area contributed by atoms with E-state index in [0.717, 1.165) is 27.2 Å². The Hall–Kier alpha value is -0.350. The van der Waals surface area contributed by atoms with Crippen molar-refractivity contribution in [3.63, 3.8) is 0 Å². The van der Waals surface area contributed by atoms with Gasteiger partial charge in [-0.25, -0.2) is 0 Å². The standard InChI is InChI=1S/C11H16BrNOS/c1-3-4-5-6-13-11(14)9-7-8(2)10(12)15-9/h7H,3-6H2,1-2H3,(H,13,14). The Balaban J connectivity index is 2.40. The molecule has 0 aliphatic heterocycles. The number of rotatable bonds is 5. The van der Waals surface area contributed by atoms with Gasteiger partial charge in [0.25, 0.3) is 5.91 Å². The number of halogens is 1. The summed E-state index contributed by atoms with van der Waals surface area (Å²) in [4.78, 5) is 12.4. The van der Waals surface area contributed by atoms with Gasteiger partial charge in [0.2, 0.25) is 0 Å². The minimum absolute atomic E-state index is 0.0462. The van der Waals surface area contributed by atoms with Crippen LogP contribution >= 0.6 is 27.3 Å². The van der Waals surface area contributed by atoms with Crippen LogP contribution in [0.5, 0.6) is 0 Å². The molecule has 1 amide bonds. The SMILES string of the molecule is CCCCCNC(=O)c1cc(C)c(Br)s1. The average Bonchev–Trinajstić information content (AvgIpc) is 2.54. The first-order valence-corrected chi connectivity index (χ1v) is 6.80. The molecule has 1 aromatic heterocycles. The predicted octanol–water partition coefficient (Wildman–Crippen LogP) is 3.74. The molecule has 15 heavy (non-hydrogen) atoms. The Morgan fingerprint density at radius 3 is 2.80 bits per heavy atom. The third kappa shape index (κ3) is 3.95. The molecule has 84 valence electrons. The Labute approximate surface area is 103 Å². The van der Waals surface area contributed by atoms with Gasteiger partial charge in [-0.05, 0) is 40.9 Å². The first-order chi connectivity index (χ1) is 7.15. The number of hydrogen-bond donors (Lipinski definition) is 1. The zero-order valence-corrected chi connectivity index (χ0v) is 11.5. The molecule has 4 heteroatoms. The molecule has 0 bridgehead atoms. The van der Waals surface area contributed by atoms with E-state index in [4.69, 9.17) is 0 Å². The normalized spacial score (nSPS) is 10.3. The average molecular weight is 290 g/mol. The number of carbonyl (C=O) groups excluding carboxylic acids is 1. The smallest absolute Gasteiger partial charge is 0.261 e. The molecule has 1 rings (SSSR count). The summed E-state index contributed by atoms with van der Waals surface area (Å²) in [7, 11) is 0. The van der Waals surface area contributed by atoms with E-state index >= 15 is 0 Å². The van der Waals surface area contributed by atoms with Crippen molar-refractivity contribution in [3.8, 4) is 0 Å². The molecule has 0 aromatic carbocycles. The molecule has 0 aliphatic rings. The van der Waals surface area contributed by atoms with E-state index in [-0.39, 0.29) is 5.91 Å². The molecule has 0 saturated heterocycles. The largest absolute Gasteiger partial charge is 0.351 e. The fourth-order valence-electron chi connectivity index (χ4n) is 1.24. The minimum Gasteiger partial charge on any atom is -0.351 e. The second-order valence-electron chi connectivity index (χ2n) is 3.53. The Morgan fingerprint density at radius 2 is 2.27 bits per heavy atom. The number of hydrogen-bond acceptors (Lipinski definition) is 2. The molecule has 1 aromatic rings. The lowest BCUT2D eigenvalue weighted by molar-refractivity contribution is 0.0957. The lowest BCUT2D eigenvalue weighted by Gasteiger charge is -2.01. The van der Waals surface area contributed by atoms with E-state index in [1.165, 1.54) is 24.2 Å². The minimum atomic E-state index is 0.0462. The van der Waals surface area contributed by atoms with Gasteiger partial charge in [0, 0.05) is 6.54 Å². The maximum absolute atomic E-state index is 11.7. The van der Waals surface area contributed by atoms with E-state index in [1.54, 1.807) is 0 Å². The zero-order chi connectivity index (χ0) is 11.3. The van der Waals surface area contributed by atoms with E-state index in [2.05, 4.69) is 28.2 Å². The van der Waals surface area contributed by atoms with Crippen molar-refractivity contribution < 1.29 is 4.79 Å². The van der Waals surface area contributed by atoms with E-state index < -0.39 is 0 Å². The fraction of sp³-hybridized carbons (Fsp3) is 0.545. The molecule has 0 spiro atoms. The van der Waals surface area contributed by atoms with Crippen LogP contribution in [-0.2, 0) is 0 Å². The molecule has 0 saturated carbocycles. The summed E-state index contributed by atoms with van der Waals surface area (Å²) >= 11 is 4.91. The summed E-state index contributed by atoms with van der Waals surface area (Å²) < 4.78 is 1.04. The summed E-state index contributed by atoms with van der Waals surface area (Å²) in [5.41, 5.74) is 1.12. The van der Waals surface area contributed by atoms with Gasteiger partial charge >= 0.3 is 0 Å². The summed E-state index contributed by atoms with van der Waals surface area (Å²) in [6.45, 7) is 4.93. The molecule has 0 unspecified atom stereocenters. The number of carbonyl (C=O) groups is 1.